The number of aromatic nitrogens is 2. The second kappa shape index (κ2) is 6.63. The minimum absolute atomic E-state index is 0.0684. The Balaban J connectivity index is 1.46. The van der Waals surface area contributed by atoms with E-state index in [1.54, 1.807) is 19.2 Å². The third-order valence-electron chi connectivity index (χ3n) is 4.23. The fraction of sp³-hybridized carbons (Fsp3) is 0.235. The van der Waals surface area contributed by atoms with Crippen LogP contribution in [0.3, 0.4) is 0 Å². The molecule has 27 heavy (non-hydrogen) atoms. The number of anilines is 1. The minimum atomic E-state index is -3.55. The molecule has 1 amide bonds. The summed E-state index contributed by atoms with van der Waals surface area (Å²) in [5.74, 6) is 0.0290. The molecule has 1 N–H and O–H groups in total. The summed E-state index contributed by atoms with van der Waals surface area (Å²) in [6.45, 7) is 0. The van der Waals surface area contributed by atoms with Crippen molar-refractivity contribution in [2.75, 3.05) is 12.4 Å². The Labute approximate surface area is 155 Å². The van der Waals surface area contributed by atoms with Gasteiger partial charge in [0.25, 0.3) is 11.8 Å². The van der Waals surface area contributed by atoms with Gasteiger partial charge in [-0.3, -0.25) is 10.1 Å². The second-order valence-electron chi connectivity index (χ2n) is 6.12. The van der Waals surface area contributed by atoms with Gasteiger partial charge in [-0.25, -0.2) is 8.42 Å². The molecule has 0 radical (unpaired) electrons. The van der Waals surface area contributed by atoms with Crippen molar-refractivity contribution in [2.45, 2.75) is 23.8 Å². The first-order valence-electron chi connectivity index (χ1n) is 8.22. The minimum Gasteiger partial charge on any atom is -0.459 e. The zero-order chi connectivity index (χ0) is 19.0. The molecule has 1 saturated carbocycles. The quantitative estimate of drug-likeness (QED) is 0.688. The molecule has 2 heterocycles. The van der Waals surface area contributed by atoms with E-state index in [4.69, 9.17) is 8.83 Å². The van der Waals surface area contributed by atoms with E-state index in [0.717, 1.165) is 12.8 Å². The van der Waals surface area contributed by atoms with Crippen LogP contribution in [0.2, 0.25) is 0 Å². The summed E-state index contributed by atoms with van der Waals surface area (Å²) in [5, 5.41) is 9.99. The van der Waals surface area contributed by atoms with Gasteiger partial charge in [-0.05, 0) is 49.2 Å². The van der Waals surface area contributed by atoms with Crippen LogP contribution >= 0.6 is 0 Å². The Bertz CT molecular complexity index is 1050. The van der Waals surface area contributed by atoms with Gasteiger partial charge in [-0.2, -0.15) is 4.31 Å². The van der Waals surface area contributed by atoms with Crippen LogP contribution in [-0.4, -0.2) is 41.9 Å². The average Bonchev–Trinajstić information content (AvgIpc) is 3.16. The first kappa shape index (κ1) is 17.4. The predicted octanol–water partition coefficient (Wildman–Crippen LogP) is 2.36. The van der Waals surface area contributed by atoms with E-state index in [2.05, 4.69) is 15.5 Å². The summed E-state index contributed by atoms with van der Waals surface area (Å²) < 4.78 is 36.8. The number of nitrogens with one attached hydrogen (secondary N) is 1. The molecule has 0 atom stereocenters. The van der Waals surface area contributed by atoms with Gasteiger partial charge in [0.15, 0.2) is 5.76 Å². The highest BCUT2D eigenvalue weighted by Crippen LogP contribution is 2.30. The van der Waals surface area contributed by atoms with Crippen LogP contribution < -0.4 is 5.32 Å². The van der Waals surface area contributed by atoms with Crippen molar-refractivity contribution in [3.63, 3.8) is 0 Å². The normalized spacial score (nSPS) is 14.4. The molecule has 10 heteroatoms. The molecule has 4 rings (SSSR count). The number of sulfonamides is 1. The third kappa shape index (κ3) is 3.49. The maximum absolute atomic E-state index is 12.5. The molecule has 0 bridgehead atoms. The maximum atomic E-state index is 12.5. The average molecular weight is 388 g/mol. The van der Waals surface area contributed by atoms with Crippen molar-refractivity contribution in [3.8, 4) is 11.7 Å². The van der Waals surface area contributed by atoms with Crippen LogP contribution in [-0.2, 0) is 10.0 Å². The summed E-state index contributed by atoms with van der Waals surface area (Å²) in [6.07, 6.45) is 3.22. The number of amides is 1. The van der Waals surface area contributed by atoms with Crippen LogP contribution in [0.25, 0.3) is 11.7 Å². The monoisotopic (exact) mass is 388 g/mol. The third-order valence-corrected chi connectivity index (χ3v) is 6.16. The van der Waals surface area contributed by atoms with E-state index >= 15 is 0 Å². The number of carbonyl (C=O) groups is 1. The standard InChI is InChI=1S/C17H16N4O5S/c1-21(12-6-7-12)27(23,24)13-8-4-11(5-9-13)15(22)18-17-20-19-16(26-17)14-3-2-10-25-14/h2-5,8-10,12H,6-7H2,1H3,(H,18,20,22). The van der Waals surface area contributed by atoms with Crippen LogP contribution in [0.1, 0.15) is 23.2 Å². The zero-order valence-electron chi connectivity index (χ0n) is 14.3. The van der Waals surface area contributed by atoms with Crippen molar-refractivity contribution < 1.29 is 22.0 Å². The molecule has 0 spiro atoms. The number of furan rings is 1. The lowest BCUT2D eigenvalue weighted by Gasteiger charge is -2.16. The molecular formula is C17H16N4O5S. The van der Waals surface area contributed by atoms with E-state index in [-0.39, 0.29) is 28.4 Å². The summed E-state index contributed by atoms with van der Waals surface area (Å²) in [7, 11) is -1.98. The molecule has 0 saturated heterocycles. The maximum Gasteiger partial charge on any atom is 0.322 e. The van der Waals surface area contributed by atoms with Gasteiger partial charge in [0, 0.05) is 18.7 Å². The molecule has 1 aliphatic carbocycles. The van der Waals surface area contributed by atoms with Gasteiger partial charge in [0.1, 0.15) is 0 Å². The van der Waals surface area contributed by atoms with Crippen molar-refractivity contribution in [3.05, 3.63) is 48.2 Å². The molecule has 2 aromatic heterocycles. The fourth-order valence-corrected chi connectivity index (χ4v) is 3.94. The first-order chi connectivity index (χ1) is 12.9. The topological polar surface area (TPSA) is 119 Å². The van der Waals surface area contributed by atoms with Gasteiger partial charge in [0.2, 0.25) is 10.0 Å². The van der Waals surface area contributed by atoms with E-state index in [0.29, 0.717) is 5.76 Å². The number of hydrogen-bond acceptors (Lipinski definition) is 7. The molecule has 1 aromatic carbocycles. The van der Waals surface area contributed by atoms with E-state index in [1.807, 2.05) is 0 Å². The van der Waals surface area contributed by atoms with Crippen molar-refractivity contribution in [1.82, 2.24) is 14.5 Å². The van der Waals surface area contributed by atoms with E-state index in [9.17, 15) is 13.2 Å². The lowest BCUT2D eigenvalue weighted by atomic mass is 10.2. The summed E-state index contributed by atoms with van der Waals surface area (Å²) in [5.41, 5.74) is 0.265. The highest BCUT2D eigenvalue weighted by atomic mass is 32.2. The second-order valence-corrected chi connectivity index (χ2v) is 8.12. The van der Waals surface area contributed by atoms with Gasteiger partial charge < -0.3 is 8.83 Å². The van der Waals surface area contributed by atoms with Crippen molar-refractivity contribution >= 4 is 21.9 Å². The smallest absolute Gasteiger partial charge is 0.322 e. The molecule has 9 nitrogen and oxygen atoms in total. The lowest BCUT2D eigenvalue weighted by molar-refractivity contribution is 0.102. The molecule has 140 valence electrons. The highest BCUT2D eigenvalue weighted by Gasteiger charge is 2.35. The van der Waals surface area contributed by atoms with Crippen LogP contribution in [0.4, 0.5) is 6.01 Å². The number of nitrogens with zero attached hydrogens (tertiary/aromatic N) is 3. The van der Waals surface area contributed by atoms with Crippen LogP contribution in [0.15, 0.2) is 56.4 Å². The van der Waals surface area contributed by atoms with Crippen LogP contribution in [0, 0.1) is 0 Å². The Morgan fingerprint density at radius 1 is 1.19 bits per heavy atom. The molecular weight excluding hydrogens is 372 g/mol. The summed E-state index contributed by atoms with van der Waals surface area (Å²) >= 11 is 0. The first-order valence-corrected chi connectivity index (χ1v) is 9.66. The van der Waals surface area contributed by atoms with Crippen molar-refractivity contribution in [2.24, 2.45) is 0 Å². The number of rotatable bonds is 6. The number of benzene rings is 1. The lowest BCUT2D eigenvalue weighted by Crippen LogP contribution is -2.29. The molecule has 3 aromatic rings. The Morgan fingerprint density at radius 2 is 1.93 bits per heavy atom. The van der Waals surface area contributed by atoms with Gasteiger partial charge >= 0.3 is 6.01 Å². The predicted molar refractivity (Wildman–Crippen MR) is 94.4 cm³/mol. The van der Waals surface area contributed by atoms with Gasteiger partial charge in [-0.15, -0.1) is 5.10 Å². The molecule has 1 aliphatic rings. The summed E-state index contributed by atoms with van der Waals surface area (Å²) in [4.78, 5) is 12.4. The zero-order valence-corrected chi connectivity index (χ0v) is 15.1. The van der Waals surface area contributed by atoms with Crippen molar-refractivity contribution in [1.29, 1.82) is 0 Å². The molecule has 0 unspecified atom stereocenters. The molecule has 1 fully saturated rings. The summed E-state index contributed by atoms with van der Waals surface area (Å²) in [6, 6.07) is 9.00. The largest absolute Gasteiger partial charge is 0.459 e. The number of carbonyl (C=O) groups excluding carboxylic acids is 1. The Kier molecular flexibility index (Phi) is 4.28. The van der Waals surface area contributed by atoms with E-state index in [1.165, 1.54) is 34.8 Å². The SMILES string of the molecule is CN(C1CC1)S(=O)(=O)c1ccc(C(=O)Nc2nnc(-c3ccco3)o2)cc1. The molecule has 0 aliphatic heterocycles. The van der Waals surface area contributed by atoms with E-state index < -0.39 is 15.9 Å². The number of hydrogen-bond donors (Lipinski definition) is 1. The fourth-order valence-electron chi connectivity index (χ4n) is 2.52. The van der Waals surface area contributed by atoms with Gasteiger partial charge in [0.05, 0.1) is 11.2 Å². The Morgan fingerprint density at radius 3 is 2.56 bits per heavy atom. The van der Waals surface area contributed by atoms with Gasteiger partial charge in [-0.1, -0.05) is 5.10 Å². The van der Waals surface area contributed by atoms with Crippen LogP contribution in [0.5, 0.6) is 0 Å². The highest BCUT2D eigenvalue weighted by molar-refractivity contribution is 7.89. The Hall–Kier alpha value is -2.98.